The summed E-state index contributed by atoms with van der Waals surface area (Å²) in [7, 11) is 0. The number of anilines is 3. The van der Waals surface area contributed by atoms with Crippen LogP contribution in [0.5, 0.6) is 0 Å². The second-order valence-corrected chi connectivity index (χ2v) is 7.83. The first-order chi connectivity index (χ1) is 14.5. The Kier molecular flexibility index (Phi) is 5.67. The van der Waals surface area contributed by atoms with Gasteiger partial charge >= 0.3 is 6.03 Å². The predicted octanol–water partition coefficient (Wildman–Crippen LogP) is 4.93. The number of hydrogen-bond acceptors (Lipinski definition) is 4. The van der Waals surface area contributed by atoms with Crippen LogP contribution in [0.2, 0.25) is 0 Å². The number of halogens is 1. The smallest absolute Gasteiger partial charge is 0.322 e. The van der Waals surface area contributed by atoms with Gasteiger partial charge in [0.05, 0.1) is 5.69 Å². The van der Waals surface area contributed by atoms with Gasteiger partial charge in [0, 0.05) is 35.4 Å². The van der Waals surface area contributed by atoms with Crippen molar-refractivity contribution in [2.45, 2.75) is 11.9 Å². The molecule has 3 aromatic rings. The average molecular weight is 422 g/mol. The predicted molar refractivity (Wildman–Crippen MR) is 117 cm³/mol. The lowest BCUT2D eigenvalue weighted by Crippen LogP contribution is -2.38. The van der Waals surface area contributed by atoms with E-state index in [2.05, 4.69) is 15.6 Å². The Balaban J connectivity index is 1.42. The lowest BCUT2D eigenvalue weighted by atomic mass is 10.1. The number of aryl methyl sites for hydroxylation is 1. The summed E-state index contributed by atoms with van der Waals surface area (Å²) < 4.78 is 13.2. The normalized spacial score (nSPS) is 12.8. The molecule has 0 aliphatic carbocycles. The molecule has 2 aromatic carbocycles. The van der Waals surface area contributed by atoms with Crippen LogP contribution in [0.3, 0.4) is 0 Å². The molecule has 4 rings (SSSR count). The summed E-state index contributed by atoms with van der Waals surface area (Å²) in [4.78, 5) is 31.2. The molecule has 0 saturated carbocycles. The van der Waals surface area contributed by atoms with Gasteiger partial charge in [-0.25, -0.2) is 14.2 Å². The zero-order valence-electron chi connectivity index (χ0n) is 16.2. The fourth-order valence-electron chi connectivity index (χ4n) is 3.12. The fourth-order valence-corrected chi connectivity index (χ4v) is 4.05. The first-order valence-electron chi connectivity index (χ1n) is 9.35. The van der Waals surface area contributed by atoms with Gasteiger partial charge in [0.15, 0.2) is 0 Å². The molecule has 6 nitrogen and oxygen atoms in total. The Hall–Kier alpha value is -3.39. The number of rotatable bonds is 3. The van der Waals surface area contributed by atoms with Crippen LogP contribution in [-0.2, 0) is 0 Å². The molecule has 0 spiro atoms. The van der Waals surface area contributed by atoms with Crippen molar-refractivity contribution in [3.63, 3.8) is 0 Å². The minimum Gasteiger partial charge on any atom is -0.322 e. The summed E-state index contributed by atoms with van der Waals surface area (Å²) in [6.45, 7) is 2.32. The van der Waals surface area contributed by atoms with Crippen molar-refractivity contribution >= 4 is 40.8 Å². The van der Waals surface area contributed by atoms with Gasteiger partial charge in [0.25, 0.3) is 5.91 Å². The Bertz CT molecular complexity index is 1100. The van der Waals surface area contributed by atoms with Gasteiger partial charge in [0.1, 0.15) is 10.8 Å². The van der Waals surface area contributed by atoms with E-state index in [0.29, 0.717) is 29.0 Å². The van der Waals surface area contributed by atoms with Crippen LogP contribution >= 0.6 is 11.8 Å². The molecule has 2 N–H and O–H groups in total. The van der Waals surface area contributed by atoms with Crippen molar-refractivity contribution < 1.29 is 14.0 Å². The molecule has 0 fully saturated rings. The molecule has 0 radical (unpaired) electrons. The highest BCUT2D eigenvalue weighted by atomic mass is 32.2. The topological polar surface area (TPSA) is 74.3 Å². The summed E-state index contributed by atoms with van der Waals surface area (Å²) in [5.41, 5.74) is 2.99. The van der Waals surface area contributed by atoms with Crippen LogP contribution in [0.15, 0.2) is 65.8 Å². The van der Waals surface area contributed by atoms with Crippen LogP contribution in [-0.4, -0.2) is 29.2 Å². The minimum absolute atomic E-state index is 0.247. The van der Waals surface area contributed by atoms with Crippen LogP contribution < -0.4 is 15.5 Å². The molecule has 0 bridgehead atoms. The number of nitrogens with one attached hydrogen (secondary N) is 2. The maximum Gasteiger partial charge on any atom is 0.326 e. The Labute approximate surface area is 177 Å². The number of carbonyl (C=O) groups is 2. The lowest BCUT2D eigenvalue weighted by Gasteiger charge is -2.28. The van der Waals surface area contributed by atoms with Crippen molar-refractivity contribution in [2.24, 2.45) is 0 Å². The molecule has 1 aliphatic rings. The highest BCUT2D eigenvalue weighted by molar-refractivity contribution is 7.99. The number of thioether (sulfide) groups is 1. The Morgan fingerprint density at radius 3 is 2.67 bits per heavy atom. The molecule has 0 atom stereocenters. The van der Waals surface area contributed by atoms with Crippen molar-refractivity contribution in [2.75, 3.05) is 27.8 Å². The lowest BCUT2D eigenvalue weighted by molar-refractivity contribution is 0.102. The molecular formula is C22H19FN4O2S. The molecule has 0 saturated heterocycles. The summed E-state index contributed by atoms with van der Waals surface area (Å²) >= 11 is 1.63. The summed E-state index contributed by atoms with van der Waals surface area (Å²) in [5, 5.41) is 6.46. The molecular weight excluding hydrogens is 403 g/mol. The van der Waals surface area contributed by atoms with Crippen molar-refractivity contribution in [3.8, 4) is 0 Å². The number of amides is 3. The molecule has 0 unspecified atom stereocenters. The van der Waals surface area contributed by atoms with Crippen LogP contribution in [0.25, 0.3) is 0 Å². The number of pyridine rings is 1. The fraction of sp³-hybridized carbons (Fsp3) is 0.136. The van der Waals surface area contributed by atoms with Gasteiger partial charge in [-0.2, -0.15) is 0 Å². The van der Waals surface area contributed by atoms with E-state index in [1.54, 1.807) is 60.1 Å². The third-order valence-corrected chi connectivity index (χ3v) is 5.65. The third-order valence-electron chi connectivity index (χ3n) is 4.68. The molecule has 30 heavy (non-hydrogen) atoms. The first kappa shape index (κ1) is 19.9. The number of aromatic nitrogens is 1. The number of nitrogens with zero attached hydrogens (tertiary/aromatic N) is 2. The average Bonchev–Trinajstić information content (AvgIpc) is 2.75. The van der Waals surface area contributed by atoms with Crippen molar-refractivity contribution in [3.05, 3.63) is 77.7 Å². The van der Waals surface area contributed by atoms with E-state index in [-0.39, 0.29) is 17.8 Å². The van der Waals surface area contributed by atoms with Gasteiger partial charge < -0.3 is 10.6 Å². The molecule has 152 valence electrons. The number of hydrogen-bond donors (Lipinski definition) is 2. The van der Waals surface area contributed by atoms with Gasteiger partial charge in [-0.15, -0.1) is 11.8 Å². The molecule has 1 aliphatic heterocycles. The highest BCUT2D eigenvalue weighted by Crippen LogP contribution is 2.32. The standard InChI is InChI=1S/C22H19FN4O2S/c1-14-13-16(23)6-9-18(14)26-20(28)15-4-7-17(8-5-15)25-22(29)27-11-12-30-21-19(27)3-2-10-24-21/h2-10,13H,11-12H2,1H3,(H,25,29)(H,26,28). The van der Waals surface area contributed by atoms with E-state index in [0.717, 1.165) is 16.5 Å². The number of fused-ring (bicyclic) bond motifs is 1. The zero-order valence-corrected chi connectivity index (χ0v) is 17.0. The van der Waals surface area contributed by atoms with Crippen LogP contribution in [0.4, 0.5) is 26.2 Å². The number of carbonyl (C=O) groups excluding carboxylic acids is 2. The molecule has 8 heteroatoms. The second-order valence-electron chi connectivity index (χ2n) is 6.75. The zero-order chi connectivity index (χ0) is 21.1. The summed E-state index contributed by atoms with van der Waals surface area (Å²) in [6.07, 6.45) is 1.71. The van der Waals surface area contributed by atoms with E-state index in [9.17, 15) is 14.0 Å². The number of benzene rings is 2. The monoisotopic (exact) mass is 422 g/mol. The van der Waals surface area contributed by atoms with Crippen molar-refractivity contribution in [1.82, 2.24) is 4.98 Å². The van der Waals surface area contributed by atoms with Crippen LogP contribution in [0.1, 0.15) is 15.9 Å². The quantitative estimate of drug-likeness (QED) is 0.628. The van der Waals surface area contributed by atoms with E-state index in [4.69, 9.17) is 0 Å². The van der Waals surface area contributed by atoms with Crippen molar-refractivity contribution in [1.29, 1.82) is 0 Å². The second kappa shape index (κ2) is 8.54. The maximum absolute atomic E-state index is 13.2. The highest BCUT2D eigenvalue weighted by Gasteiger charge is 2.23. The van der Waals surface area contributed by atoms with E-state index in [1.165, 1.54) is 18.2 Å². The SMILES string of the molecule is Cc1cc(F)ccc1NC(=O)c1ccc(NC(=O)N2CCSc3ncccc32)cc1. The van der Waals surface area contributed by atoms with E-state index < -0.39 is 0 Å². The van der Waals surface area contributed by atoms with Gasteiger partial charge in [0.2, 0.25) is 0 Å². The molecule has 3 amide bonds. The third kappa shape index (κ3) is 4.28. The Morgan fingerprint density at radius 2 is 1.90 bits per heavy atom. The number of urea groups is 1. The van der Waals surface area contributed by atoms with E-state index >= 15 is 0 Å². The summed E-state index contributed by atoms with van der Waals surface area (Å²) in [6, 6.07) is 14.2. The van der Waals surface area contributed by atoms with Gasteiger partial charge in [-0.1, -0.05) is 0 Å². The van der Waals surface area contributed by atoms with E-state index in [1.807, 2.05) is 6.07 Å². The molecule has 2 heterocycles. The first-order valence-corrected chi connectivity index (χ1v) is 10.3. The van der Waals surface area contributed by atoms with Gasteiger partial charge in [-0.05, 0) is 67.1 Å². The molecule has 1 aromatic heterocycles. The van der Waals surface area contributed by atoms with Crippen LogP contribution in [0, 0.1) is 12.7 Å². The maximum atomic E-state index is 13.2. The summed E-state index contributed by atoms with van der Waals surface area (Å²) in [5.74, 6) is 0.117. The largest absolute Gasteiger partial charge is 0.326 e. The Morgan fingerprint density at radius 1 is 1.10 bits per heavy atom. The van der Waals surface area contributed by atoms with Gasteiger partial charge in [-0.3, -0.25) is 9.69 Å². The minimum atomic E-state index is -0.351.